The van der Waals surface area contributed by atoms with Gasteiger partial charge in [-0.1, -0.05) is 42.5 Å². The average molecular weight is 673 g/mol. The Kier molecular flexibility index (Phi) is 10.6. The highest BCUT2D eigenvalue weighted by Gasteiger charge is 2.32. The second-order valence-corrected chi connectivity index (χ2v) is 12.7. The van der Waals surface area contributed by atoms with E-state index in [1.165, 1.54) is 12.1 Å². The molecule has 0 saturated carbocycles. The fourth-order valence-corrected chi connectivity index (χ4v) is 6.39. The number of nitrogens with zero attached hydrogens (tertiary/aromatic N) is 3. The number of anilines is 1. The number of hydrogen-bond acceptors (Lipinski definition) is 8. The van der Waals surface area contributed by atoms with Crippen LogP contribution in [0.2, 0.25) is 0 Å². The third-order valence-electron chi connectivity index (χ3n) is 9.09. The molecule has 3 aromatic carbocycles. The quantitative estimate of drug-likeness (QED) is 0.111. The summed E-state index contributed by atoms with van der Waals surface area (Å²) in [6.45, 7) is 4.06. The summed E-state index contributed by atoms with van der Waals surface area (Å²) in [4.78, 5) is 57.0. The van der Waals surface area contributed by atoms with Crippen LogP contribution in [0.1, 0.15) is 64.1 Å². The van der Waals surface area contributed by atoms with Gasteiger partial charge in [0.1, 0.15) is 34.8 Å². The molecular weight excluding hydrogens is 632 g/mol. The normalized spacial score (nSPS) is 16.7. The topological polar surface area (TPSA) is 148 Å². The Morgan fingerprint density at radius 1 is 0.900 bits per heavy atom. The highest BCUT2D eigenvalue weighted by Crippen LogP contribution is 2.25. The minimum absolute atomic E-state index is 0.00465. The summed E-state index contributed by atoms with van der Waals surface area (Å²) in [5.74, 6) is -0.389. The standard InChI is InChI=1S/C39H40N6O5/c1-26-21-30-22-31(16-17-34(30)50-26)42-37(43-33-11-5-6-20-45(39(33)49)25-35(46)44-18-7-8-19-44)32(23-40)36(47)28-12-14-29(15-13-28)38(48)41-24-27-9-3-2-4-10-27/h2-4,9-10,12-17,21-22,33,42-43H,5-8,11,18-20,24-25H2,1H3,(H,41,48)/b37-32-/t33-/m0/s1. The lowest BCUT2D eigenvalue weighted by Crippen LogP contribution is -2.49. The van der Waals surface area contributed by atoms with E-state index in [0.717, 1.165) is 42.4 Å². The van der Waals surface area contributed by atoms with Gasteiger partial charge in [0.05, 0.1) is 6.54 Å². The summed E-state index contributed by atoms with van der Waals surface area (Å²) in [5.41, 5.74) is 2.56. The molecule has 1 aromatic heterocycles. The predicted octanol–water partition coefficient (Wildman–Crippen LogP) is 5.29. The lowest BCUT2D eigenvalue weighted by Gasteiger charge is -2.28. The number of hydrogen-bond donors (Lipinski definition) is 3. The van der Waals surface area contributed by atoms with Gasteiger partial charge in [-0.15, -0.1) is 0 Å². The second kappa shape index (κ2) is 15.6. The summed E-state index contributed by atoms with van der Waals surface area (Å²) >= 11 is 0. The van der Waals surface area contributed by atoms with E-state index >= 15 is 0 Å². The van der Waals surface area contributed by atoms with Gasteiger partial charge in [-0.2, -0.15) is 5.26 Å². The lowest BCUT2D eigenvalue weighted by atomic mass is 10.0. The maximum absolute atomic E-state index is 13.9. The first kappa shape index (κ1) is 34.0. The molecule has 2 aliphatic rings. The Labute approximate surface area is 290 Å². The van der Waals surface area contributed by atoms with E-state index in [0.29, 0.717) is 49.4 Å². The molecule has 0 spiro atoms. The summed E-state index contributed by atoms with van der Waals surface area (Å²) in [7, 11) is 0. The van der Waals surface area contributed by atoms with Crippen molar-refractivity contribution in [2.45, 2.75) is 51.6 Å². The van der Waals surface area contributed by atoms with Crippen molar-refractivity contribution in [3.05, 3.63) is 113 Å². The zero-order valence-electron chi connectivity index (χ0n) is 28.0. The van der Waals surface area contributed by atoms with Crippen LogP contribution in [-0.2, 0) is 16.1 Å². The number of amides is 3. The number of nitrogens with one attached hydrogen (secondary N) is 3. The second-order valence-electron chi connectivity index (χ2n) is 12.7. The van der Waals surface area contributed by atoms with Crippen LogP contribution in [0.3, 0.4) is 0 Å². The first-order chi connectivity index (χ1) is 24.3. The van der Waals surface area contributed by atoms with E-state index < -0.39 is 11.8 Å². The van der Waals surface area contributed by atoms with Crippen molar-refractivity contribution < 1.29 is 23.6 Å². The van der Waals surface area contributed by atoms with E-state index in [9.17, 15) is 24.4 Å². The number of Topliss-reactive ketones (excluding diaryl/α,β-unsaturated/α-hetero) is 1. The molecule has 0 aliphatic carbocycles. The van der Waals surface area contributed by atoms with Crippen LogP contribution in [-0.4, -0.2) is 65.5 Å². The van der Waals surface area contributed by atoms with Gasteiger partial charge in [-0.3, -0.25) is 19.2 Å². The molecule has 2 aliphatic heterocycles. The number of allylic oxidation sites excluding steroid dienone is 1. The van der Waals surface area contributed by atoms with E-state index in [4.69, 9.17) is 4.42 Å². The summed E-state index contributed by atoms with van der Waals surface area (Å²) < 4.78 is 5.71. The largest absolute Gasteiger partial charge is 0.461 e. The number of aryl methyl sites for hydroxylation is 1. The van der Waals surface area contributed by atoms with Crippen LogP contribution in [0, 0.1) is 18.3 Å². The van der Waals surface area contributed by atoms with E-state index in [1.54, 1.807) is 34.1 Å². The van der Waals surface area contributed by atoms with Crippen LogP contribution in [0.5, 0.6) is 0 Å². The Morgan fingerprint density at radius 2 is 1.62 bits per heavy atom. The number of furan rings is 1. The van der Waals surface area contributed by atoms with Gasteiger partial charge >= 0.3 is 0 Å². The van der Waals surface area contributed by atoms with Gasteiger partial charge in [-0.05, 0) is 81.0 Å². The van der Waals surface area contributed by atoms with Crippen LogP contribution >= 0.6 is 0 Å². The maximum atomic E-state index is 13.9. The van der Waals surface area contributed by atoms with Crippen LogP contribution in [0.4, 0.5) is 5.69 Å². The smallest absolute Gasteiger partial charge is 0.251 e. The van der Waals surface area contributed by atoms with Gasteiger partial charge in [0.2, 0.25) is 17.6 Å². The molecule has 11 nitrogen and oxygen atoms in total. The minimum atomic E-state index is -0.780. The predicted molar refractivity (Wildman–Crippen MR) is 189 cm³/mol. The van der Waals surface area contributed by atoms with Gasteiger partial charge in [0, 0.05) is 48.4 Å². The van der Waals surface area contributed by atoms with Crippen molar-refractivity contribution in [1.82, 2.24) is 20.4 Å². The van der Waals surface area contributed by atoms with Gasteiger partial charge < -0.3 is 30.2 Å². The number of ketones is 1. The summed E-state index contributed by atoms with van der Waals surface area (Å²) in [6, 6.07) is 24.2. The van der Waals surface area contributed by atoms with Crippen molar-refractivity contribution in [1.29, 1.82) is 5.26 Å². The monoisotopic (exact) mass is 672 g/mol. The van der Waals surface area contributed by atoms with Gasteiger partial charge in [0.15, 0.2) is 0 Å². The lowest BCUT2D eigenvalue weighted by molar-refractivity contribution is -0.140. The van der Waals surface area contributed by atoms with Gasteiger partial charge in [0.25, 0.3) is 5.91 Å². The minimum Gasteiger partial charge on any atom is -0.461 e. The van der Waals surface area contributed by atoms with Crippen LogP contribution in [0.15, 0.2) is 94.7 Å². The third-order valence-corrected chi connectivity index (χ3v) is 9.09. The molecule has 1 atom stereocenters. The molecule has 11 heteroatoms. The number of likely N-dealkylation sites (tertiary alicyclic amines) is 2. The Bertz CT molecular complexity index is 1950. The number of carbonyl (C=O) groups is 4. The molecule has 50 heavy (non-hydrogen) atoms. The maximum Gasteiger partial charge on any atom is 0.251 e. The number of carbonyl (C=O) groups excluding carboxylic acids is 4. The van der Waals surface area contributed by atoms with Crippen LogP contribution < -0.4 is 16.0 Å². The van der Waals surface area contributed by atoms with E-state index in [1.807, 2.05) is 49.4 Å². The summed E-state index contributed by atoms with van der Waals surface area (Å²) in [5, 5.41) is 20.5. The molecule has 0 radical (unpaired) electrons. The SMILES string of the molecule is Cc1cc2cc(N/C(N[C@H]3CCCCN(CC(=O)N4CCCC4)C3=O)=C(\C#N)C(=O)c3ccc(C(=O)NCc4ccccc4)cc3)ccc2o1. The highest BCUT2D eigenvalue weighted by molar-refractivity contribution is 6.12. The Hall–Kier alpha value is -5.89. The number of benzene rings is 3. The van der Waals surface area contributed by atoms with Crippen LogP contribution in [0.25, 0.3) is 11.0 Å². The number of nitriles is 1. The molecule has 2 saturated heterocycles. The number of fused-ring (bicyclic) bond motifs is 1. The molecular formula is C39H40N6O5. The molecule has 6 rings (SSSR count). The van der Waals surface area contributed by atoms with Crippen molar-refractivity contribution in [3.63, 3.8) is 0 Å². The zero-order chi connectivity index (χ0) is 35.0. The molecule has 0 unspecified atom stereocenters. The number of rotatable bonds is 11. The van der Waals surface area contributed by atoms with Crippen molar-refractivity contribution in [2.75, 3.05) is 31.5 Å². The van der Waals surface area contributed by atoms with Gasteiger partial charge in [-0.25, -0.2) is 0 Å². The van der Waals surface area contributed by atoms with E-state index in [-0.39, 0.29) is 41.2 Å². The molecule has 0 bridgehead atoms. The fourth-order valence-electron chi connectivity index (χ4n) is 6.39. The first-order valence-corrected chi connectivity index (χ1v) is 17.0. The summed E-state index contributed by atoms with van der Waals surface area (Å²) in [6.07, 6.45) is 3.83. The van der Waals surface area contributed by atoms with Crippen molar-refractivity contribution in [3.8, 4) is 6.07 Å². The molecule has 2 fully saturated rings. The van der Waals surface area contributed by atoms with Crippen molar-refractivity contribution in [2.24, 2.45) is 0 Å². The molecule has 3 amide bonds. The average Bonchev–Trinajstić information content (AvgIpc) is 3.77. The molecule has 4 aromatic rings. The Balaban J connectivity index is 1.26. The molecule has 256 valence electrons. The molecule has 3 N–H and O–H groups in total. The first-order valence-electron chi connectivity index (χ1n) is 17.0. The van der Waals surface area contributed by atoms with E-state index in [2.05, 4.69) is 22.0 Å². The zero-order valence-corrected chi connectivity index (χ0v) is 28.0. The highest BCUT2D eigenvalue weighted by atomic mass is 16.3. The molecule has 3 heterocycles. The van der Waals surface area contributed by atoms with Crippen molar-refractivity contribution >= 4 is 40.2 Å². The Morgan fingerprint density at radius 3 is 2.36 bits per heavy atom. The fraction of sp³-hybridized carbons (Fsp3) is 0.308. The third kappa shape index (κ3) is 8.04.